The van der Waals surface area contributed by atoms with Crippen molar-refractivity contribution >= 4 is 41.1 Å². The van der Waals surface area contributed by atoms with E-state index < -0.39 is 35.7 Å². The van der Waals surface area contributed by atoms with Crippen molar-refractivity contribution in [2.45, 2.75) is 12.1 Å². The van der Waals surface area contributed by atoms with Crippen LogP contribution in [0.1, 0.15) is 17.2 Å². The fourth-order valence-corrected chi connectivity index (χ4v) is 4.97. The molecular weight excluding hydrogens is 378 g/mol. The molecule has 5 rings (SSSR count). The van der Waals surface area contributed by atoms with E-state index in [1.54, 1.807) is 35.4 Å². The maximum absolute atomic E-state index is 13.4. The number of halogens is 1. The SMILES string of the molecule is NC(=O)[C@@H]1[C@@H]2C(=O)N(c3ccccc3Cl)C(=O)[C@@H]2[C@H]2c3ccccc3C=CN12. The van der Waals surface area contributed by atoms with Gasteiger partial charge in [-0.1, -0.05) is 48.0 Å². The second kappa shape index (κ2) is 5.94. The molecular formula is C21H16ClN3O3. The van der Waals surface area contributed by atoms with Crippen LogP contribution >= 0.6 is 11.6 Å². The molecule has 0 bridgehead atoms. The zero-order valence-corrected chi connectivity index (χ0v) is 15.4. The second-order valence-corrected chi connectivity index (χ2v) is 7.61. The maximum Gasteiger partial charge on any atom is 0.240 e. The third kappa shape index (κ3) is 2.12. The molecule has 3 aliphatic rings. The lowest BCUT2D eigenvalue weighted by atomic mass is 9.84. The molecule has 2 N–H and O–H groups in total. The van der Waals surface area contributed by atoms with Crippen molar-refractivity contribution in [2.24, 2.45) is 17.6 Å². The Kier molecular flexibility index (Phi) is 3.61. The van der Waals surface area contributed by atoms with Gasteiger partial charge in [0.15, 0.2) is 0 Å². The molecule has 3 amide bonds. The highest BCUT2D eigenvalue weighted by Crippen LogP contribution is 2.53. The first-order valence-electron chi connectivity index (χ1n) is 8.97. The third-order valence-electron chi connectivity index (χ3n) is 5.85. The summed E-state index contributed by atoms with van der Waals surface area (Å²) in [4.78, 5) is 41.9. The zero-order chi connectivity index (χ0) is 19.6. The molecule has 3 aliphatic heterocycles. The van der Waals surface area contributed by atoms with Gasteiger partial charge in [-0.3, -0.25) is 14.4 Å². The number of benzene rings is 2. The van der Waals surface area contributed by atoms with E-state index in [9.17, 15) is 14.4 Å². The van der Waals surface area contributed by atoms with Crippen LogP contribution in [0.4, 0.5) is 5.69 Å². The Morgan fingerprint density at radius 2 is 1.64 bits per heavy atom. The quantitative estimate of drug-likeness (QED) is 0.794. The standard InChI is InChI=1S/C21H16ClN3O3/c22-13-7-3-4-8-14(13)25-20(27)15-16(21(25)28)18(19(23)26)24-10-9-11-5-1-2-6-12(11)17(15)24/h1-10,15-18H,(H2,23,26)/t15-,16+,17+,18-/m0/s1. The Hall–Kier alpha value is -3.12. The predicted molar refractivity (Wildman–Crippen MR) is 104 cm³/mol. The molecule has 0 unspecified atom stereocenters. The van der Waals surface area contributed by atoms with Crippen LogP contribution in [0, 0.1) is 11.8 Å². The van der Waals surface area contributed by atoms with Gasteiger partial charge in [-0.2, -0.15) is 0 Å². The Labute approximate surface area is 166 Å². The number of amides is 3. The maximum atomic E-state index is 13.4. The van der Waals surface area contributed by atoms with Crippen LogP contribution in [0.5, 0.6) is 0 Å². The van der Waals surface area contributed by atoms with Crippen LogP contribution in [0.25, 0.3) is 6.08 Å². The van der Waals surface area contributed by atoms with Gasteiger partial charge in [-0.25, -0.2) is 4.90 Å². The molecule has 4 atom stereocenters. The Bertz CT molecular complexity index is 1070. The van der Waals surface area contributed by atoms with E-state index in [0.717, 1.165) is 16.0 Å². The molecule has 2 aromatic carbocycles. The largest absolute Gasteiger partial charge is 0.368 e. The number of carbonyl (C=O) groups excluding carboxylic acids is 3. The van der Waals surface area contributed by atoms with Crippen LogP contribution in [-0.2, 0) is 14.4 Å². The number of nitrogens with zero attached hydrogens (tertiary/aromatic N) is 2. The van der Waals surface area contributed by atoms with Crippen molar-refractivity contribution in [3.63, 3.8) is 0 Å². The van der Waals surface area contributed by atoms with Crippen molar-refractivity contribution in [1.29, 1.82) is 0 Å². The van der Waals surface area contributed by atoms with Gasteiger partial charge in [0.05, 0.1) is 28.6 Å². The summed E-state index contributed by atoms with van der Waals surface area (Å²) in [5.41, 5.74) is 7.89. The molecule has 2 fully saturated rings. The van der Waals surface area contributed by atoms with Crippen molar-refractivity contribution < 1.29 is 14.4 Å². The van der Waals surface area contributed by atoms with Crippen LogP contribution in [-0.4, -0.2) is 28.7 Å². The van der Waals surface area contributed by atoms with Crippen LogP contribution in [0.15, 0.2) is 54.7 Å². The van der Waals surface area contributed by atoms with Crippen LogP contribution in [0.3, 0.4) is 0 Å². The molecule has 0 radical (unpaired) electrons. The molecule has 2 aromatic rings. The van der Waals surface area contributed by atoms with E-state index in [4.69, 9.17) is 17.3 Å². The number of fused-ring (bicyclic) bond motifs is 5. The van der Waals surface area contributed by atoms with Gasteiger partial charge >= 0.3 is 0 Å². The van der Waals surface area contributed by atoms with E-state index in [0.29, 0.717) is 10.7 Å². The number of hydrogen-bond acceptors (Lipinski definition) is 4. The van der Waals surface area contributed by atoms with E-state index in [-0.39, 0.29) is 5.91 Å². The number of carbonyl (C=O) groups is 3. The summed E-state index contributed by atoms with van der Waals surface area (Å²) in [5, 5.41) is 0.306. The van der Waals surface area contributed by atoms with Crippen LogP contribution < -0.4 is 10.6 Å². The summed E-state index contributed by atoms with van der Waals surface area (Å²) in [7, 11) is 0. The molecule has 0 spiro atoms. The van der Waals surface area contributed by atoms with Gasteiger partial charge in [0.25, 0.3) is 0 Å². The summed E-state index contributed by atoms with van der Waals surface area (Å²) in [6, 6.07) is 13.1. The molecule has 28 heavy (non-hydrogen) atoms. The van der Waals surface area contributed by atoms with Gasteiger partial charge in [0.2, 0.25) is 17.7 Å². The van der Waals surface area contributed by atoms with E-state index in [1.807, 2.05) is 30.3 Å². The minimum absolute atomic E-state index is 0.306. The van der Waals surface area contributed by atoms with Gasteiger partial charge < -0.3 is 10.6 Å². The summed E-state index contributed by atoms with van der Waals surface area (Å²) in [6.45, 7) is 0. The van der Waals surface area contributed by atoms with Crippen molar-refractivity contribution in [1.82, 2.24) is 4.90 Å². The first-order chi connectivity index (χ1) is 13.5. The number of rotatable bonds is 2. The number of nitrogens with two attached hydrogens (primary N) is 1. The predicted octanol–water partition coefficient (Wildman–Crippen LogP) is 2.34. The topological polar surface area (TPSA) is 83.7 Å². The molecule has 0 aliphatic carbocycles. The first-order valence-corrected chi connectivity index (χ1v) is 9.34. The highest BCUT2D eigenvalue weighted by atomic mass is 35.5. The summed E-state index contributed by atoms with van der Waals surface area (Å²) in [5.74, 6) is -2.96. The number of imide groups is 1. The average Bonchev–Trinajstić information content (AvgIpc) is 3.16. The fourth-order valence-electron chi connectivity index (χ4n) is 4.75. The Balaban J connectivity index is 1.67. The van der Waals surface area contributed by atoms with E-state index >= 15 is 0 Å². The van der Waals surface area contributed by atoms with Gasteiger partial charge in [0.1, 0.15) is 6.04 Å². The molecule has 3 heterocycles. The smallest absolute Gasteiger partial charge is 0.240 e. The highest BCUT2D eigenvalue weighted by Gasteiger charge is 2.64. The molecule has 0 saturated carbocycles. The fraction of sp³-hybridized carbons (Fsp3) is 0.190. The molecule has 6 nitrogen and oxygen atoms in total. The first kappa shape index (κ1) is 17.0. The van der Waals surface area contributed by atoms with Crippen LogP contribution in [0.2, 0.25) is 5.02 Å². The van der Waals surface area contributed by atoms with Crippen molar-refractivity contribution in [3.8, 4) is 0 Å². The Morgan fingerprint density at radius 1 is 0.964 bits per heavy atom. The summed E-state index contributed by atoms with van der Waals surface area (Å²) < 4.78 is 0. The summed E-state index contributed by atoms with van der Waals surface area (Å²) >= 11 is 6.25. The monoisotopic (exact) mass is 393 g/mol. The lowest BCUT2D eigenvalue weighted by molar-refractivity contribution is -0.129. The Morgan fingerprint density at radius 3 is 2.39 bits per heavy atom. The number of hydrogen-bond donors (Lipinski definition) is 1. The van der Waals surface area contributed by atoms with Gasteiger partial charge in [-0.05, 0) is 29.3 Å². The third-order valence-corrected chi connectivity index (χ3v) is 6.17. The van der Waals surface area contributed by atoms with E-state index in [2.05, 4.69) is 0 Å². The minimum atomic E-state index is -0.886. The lowest BCUT2D eigenvalue weighted by Crippen LogP contribution is -2.46. The highest BCUT2D eigenvalue weighted by molar-refractivity contribution is 6.36. The molecule has 7 heteroatoms. The van der Waals surface area contributed by atoms with Crippen molar-refractivity contribution in [2.75, 3.05) is 4.90 Å². The lowest BCUT2D eigenvalue weighted by Gasteiger charge is -2.34. The molecule has 140 valence electrons. The number of primary amides is 1. The van der Waals surface area contributed by atoms with Crippen molar-refractivity contribution in [3.05, 3.63) is 70.9 Å². The molecule has 2 saturated heterocycles. The van der Waals surface area contributed by atoms with E-state index in [1.165, 1.54) is 0 Å². The molecule has 0 aromatic heterocycles. The normalized spacial score (nSPS) is 27.6. The zero-order valence-electron chi connectivity index (χ0n) is 14.7. The van der Waals surface area contributed by atoms with Gasteiger partial charge in [0, 0.05) is 6.20 Å². The second-order valence-electron chi connectivity index (χ2n) is 7.20. The number of anilines is 1. The number of para-hydroxylation sites is 1. The summed E-state index contributed by atoms with van der Waals surface area (Å²) in [6.07, 6.45) is 3.64. The average molecular weight is 394 g/mol. The van der Waals surface area contributed by atoms with Gasteiger partial charge in [-0.15, -0.1) is 0 Å². The minimum Gasteiger partial charge on any atom is -0.368 e.